The van der Waals surface area contributed by atoms with Crippen molar-refractivity contribution in [3.8, 4) is 0 Å². The van der Waals surface area contributed by atoms with Crippen molar-refractivity contribution in [3.63, 3.8) is 0 Å². The molecule has 0 bridgehead atoms. The van der Waals surface area contributed by atoms with E-state index in [1.807, 2.05) is 0 Å². The van der Waals surface area contributed by atoms with E-state index in [2.05, 4.69) is 13.2 Å². The molecule has 0 heterocycles. The zero-order valence-corrected chi connectivity index (χ0v) is 7.94. The Morgan fingerprint density at radius 2 is 1.46 bits per heavy atom. The quantitative estimate of drug-likeness (QED) is 0.333. The molecule has 4 heteroatoms. The first-order valence-electron chi connectivity index (χ1n) is 3.94. The fraction of sp³-hybridized carbons (Fsp3) is 0.556. The molecule has 0 fully saturated rings. The van der Waals surface area contributed by atoms with Gasteiger partial charge in [-0.25, -0.2) is 0 Å². The van der Waals surface area contributed by atoms with E-state index in [0.29, 0.717) is 13.2 Å². The topological polar surface area (TPSA) is 69.9 Å². The lowest BCUT2D eigenvalue weighted by atomic mass is 10.4. The van der Waals surface area contributed by atoms with Crippen LogP contribution in [0.3, 0.4) is 0 Å². The number of rotatable bonds is 5. The van der Waals surface area contributed by atoms with E-state index < -0.39 is 5.97 Å². The molecule has 3 N–H and O–H groups in total. The molecule has 0 aromatic rings. The van der Waals surface area contributed by atoms with Crippen LogP contribution in [0.25, 0.3) is 0 Å². The van der Waals surface area contributed by atoms with Gasteiger partial charge in [0.1, 0.15) is 0 Å². The Morgan fingerprint density at radius 3 is 1.62 bits per heavy atom. The summed E-state index contributed by atoms with van der Waals surface area (Å²) >= 11 is 0. The molecule has 0 aliphatic heterocycles. The molecule has 0 radical (unpaired) electrons. The fourth-order valence-electron chi connectivity index (χ4n) is 0.235. The lowest BCUT2D eigenvalue weighted by Gasteiger charge is -2.08. The Balaban J connectivity index is 0. The van der Waals surface area contributed by atoms with E-state index in [1.54, 1.807) is 12.2 Å². The van der Waals surface area contributed by atoms with Crippen molar-refractivity contribution >= 4 is 0 Å². The molecule has 0 aromatic carbocycles. The molecule has 0 unspecified atom stereocenters. The predicted octanol–water partition coefficient (Wildman–Crippen LogP) is 0.402. The van der Waals surface area contributed by atoms with Gasteiger partial charge in [-0.3, -0.25) is 0 Å². The van der Waals surface area contributed by atoms with Gasteiger partial charge >= 0.3 is 0 Å². The number of hydrogen-bond donors (Lipinski definition) is 3. The highest BCUT2D eigenvalue weighted by atomic mass is 16.7. The van der Waals surface area contributed by atoms with Crippen LogP contribution in [0.5, 0.6) is 0 Å². The molecule has 78 valence electrons. The van der Waals surface area contributed by atoms with Gasteiger partial charge in [0.2, 0.25) is 0 Å². The highest BCUT2D eigenvalue weighted by Crippen LogP contribution is 1.95. The summed E-state index contributed by atoms with van der Waals surface area (Å²) in [6, 6.07) is 0. The summed E-state index contributed by atoms with van der Waals surface area (Å²) in [7, 11) is 0. The molecule has 4 nitrogen and oxygen atoms in total. The van der Waals surface area contributed by atoms with Crippen LogP contribution in [0.15, 0.2) is 25.3 Å². The third-order valence-electron chi connectivity index (χ3n) is 0.946. The van der Waals surface area contributed by atoms with Crippen molar-refractivity contribution in [1.29, 1.82) is 0 Å². The van der Waals surface area contributed by atoms with Crippen molar-refractivity contribution in [2.24, 2.45) is 0 Å². The first kappa shape index (κ1) is 14.8. The van der Waals surface area contributed by atoms with Crippen LogP contribution >= 0.6 is 0 Å². The average Bonchev–Trinajstić information content (AvgIpc) is 2.06. The molecule has 0 amide bonds. The molecular weight excluding hydrogens is 172 g/mol. The van der Waals surface area contributed by atoms with Gasteiger partial charge in [-0.2, -0.15) is 0 Å². The Morgan fingerprint density at radius 1 is 1.15 bits per heavy atom. The smallest absolute Gasteiger partial charge is 0.274 e. The second-order valence-corrected chi connectivity index (χ2v) is 2.24. The summed E-state index contributed by atoms with van der Waals surface area (Å²) in [5.41, 5.74) is 0. The maximum atomic E-state index is 7.94. The zero-order chi connectivity index (χ0) is 10.7. The van der Waals surface area contributed by atoms with Crippen LogP contribution < -0.4 is 0 Å². The molecule has 0 aliphatic rings. The lowest BCUT2D eigenvalue weighted by molar-refractivity contribution is -0.312. The zero-order valence-electron chi connectivity index (χ0n) is 7.94. The van der Waals surface area contributed by atoms with E-state index in [-0.39, 0.29) is 6.42 Å². The average molecular weight is 190 g/mol. The maximum Gasteiger partial charge on any atom is 0.274 e. The summed E-state index contributed by atoms with van der Waals surface area (Å²) in [5, 5.41) is 23.8. The van der Waals surface area contributed by atoms with Gasteiger partial charge in [0.15, 0.2) is 0 Å². The second-order valence-electron chi connectivity index (χ2n) is 2.24. The summed E-state index contributed by atoms with van der Waals surface area (Å²) in [6.45, 7) is 9.64. The normalized spacial score (nSPS) is 9.85. The van der Waals surface area contributed by atoms with E-state index >= 15 is 0 Å². The number of aliphatic hydroxyl groups is 3. The molecule has 0 atom stereocenters. The summed E-state index contributed by atoms with van der Waals surface area (Å²) in [5.74, 6) is -2.46. The van der Waals surface area contributed by atoms with Gasteiger partial charge < -0.3 is 20.1 Å². The van der Waals surface area contributed by atoms with Crippen molar-refractivity contribution in [3.05, 3.63) is 25.3 Å². The molecule has 0 rings (SSSR count). The number of hydrogen-bond acceptors (Lipinski definition) is 4. The first-order chi connectivity index (χ1) is 5.97. The van der Waals surface area contributed by atoms with E-state index in [0.717, 1.165) is 0 Å². The van der Waals surface area contributed by atoms with Crippen LogP contribution in [-0.2, 0) is 4.74 Å². The van der Waals surface area contributed by atoms with Gasteiger partial charge in [0, 0.05) is 6.42 Å². The number of ether oxygens (including phenoxy) is 1. The Kier molecular flexibility index (Phi) is 10.7. The minimum Gasteiger partial charge on any atom is -0.373 e. The maximum absolute atomic E-state index is 7.94. The highest BCUT2D eigenvalue weighted by molar-refractivity contribution is 4.68. The largest absolute Gasteiger partial charge is 0.373 e. The van der Waals surface area contributed by atoms with Crippen molar-refractivity contribution < 1.29 is 20.1 Å². The Hall–Kier alpha value is -0.680. The minimum absolute atomic E-state index is 0.0625. The summed E-state index contributed by atoms with van der Waals surface area (Å²) in [4.78, 5) is 0. The third kappa shape index (κ3) is 24.6. The molecular formula is C9H18O4. The standard InChI is InChI=1S/C6H10O.C3H8O3/c1-3-5-7-6-4-2;1-2-3(4,5)6/h3-4H,1-2,5-6H2;4-6H,2H2,1H3. The van der Waals surface area contributed by atoms with E-state index in [9.17, 15) is 0 Å². The van der Waals surface area contributed by atoms with E-state index in [4.69, 9.17) is 20.1 Å². The van der Waals surface area contributed by atoms with Gasteiger partial charge in [0.25, 0.3) is 5.97 Å². The summed E-state index contributed by atoms with van der Waals surface area (Å²) < 4.78 is 4.90. The Bertz CT molecular complexity index is 118. The molecule has 0 saturated heterocycles. The molecule has 0 spiro atoms. The van der Waals surface area contributed by atoms with Crippen molar-refractivity contribution in [2.45, 2.75) is 19.3 Å². The van der Waals surface area contributed by atoms with Crippen LogP contribution in [0.2, 0.25) is 0 Å². The fourth-order valence-corrected chi connectivity index (χ4v) is 0.235. The molecule has 0 aromatic heterocycles. The van der Waals surface area contributed by atoms with Crippen LogP contribution in [0.4, 0.5) is 0 Å². The van der Waals surface area contributed by atoms with Gasteiger partial charge in [0.05, 0.1) is 13.2 Å². The minimum atomic E-state index is -2.46. The first-order valence-corrected chi connectivity index (χ1v) is 3.94. The lowest BCUT2D eigenvalue weighted by Crippen LogP contribution is -2.24. The van der Waals surface area contributed by atoms with Gasteiger partial charge in [-0.1, -0.05) is 19.1 Å². The molecule has 0 aliphatic carbocycles. The predicted molar refractivity (Wildman–Crippen MR) is 50.9 cm³/mol. The Labute approximate surface area is 78.8 Å². The van der Waals surface area contributed by atoms with Crippen LogP contribution in [-0.4, -0.2) is 34.5 Å². The van der Waals surface area contributed by atoms with Crippen LogP contribution in [0, 0.1) is 0 Å². The van der Waals surface area contributed by atoms with Gasteiger partial charge in [-0.05, 0) is 0 Å². The SMILES string of the molecule is C=CCOCC=C.CCC(O)(O)O. The van der Waals surface area contributed by atoms with Crippen LogP contribution in [0.1, 0.15) is 13.3 Å². The van der Waals surface area contributed by atoms with E-state index in [1.165, 1.54) is 6.92 Å². The summed E-state index contributed by atoms with van der Waals surface area (Å²) in [6.07, 6.45) is 3.36. The van der Waals surface area contributed by atoms with Gasteiger partial charge in [-0.15, -0.1) is 13.2 Å². The molecule has 13 heavy (non-hydrogen) atoms. The monoisotopic (exact) mass is 190 g/mol. The van der Waals surface area contributed by atoms with Crippen molar-refractivity contribution in [2.75, 3.05) is 13.2 Å². The second kappa shape index (κ2) is 9.41. The highest BCUT2D eigenvalue weighted by Gasteiger charge is 2.11. The van der Waals surface area contributed by atoms with Crippen molar-refractivity contribution in [1.82, 2.24) is 0 Å². The molecule has 0 saturated carbocycles. The third-order valence-corrected chi connectivity index (χ3v) is 0.946.